The highest BCUT2D eigenvalue weighted by molar-refractivity contribution is 14.1. The van der Waals surface area contributed by atoms with Crippen LogP contribution >= 0.6 is 22.6 Å². The quantitative estimate of drug-likeness (QED) is 0.420. The van der Waals surface area contributed by atoms with Gasteiger partial charge in [-0.25, -0.2) is 9.78 Å². The van der Waals surface area contributed by atoms with E-state index in [9.17, 15) is 0 Å². The summed E-state index contributed by atoms with van der Waals surface area (Å²) in [5.74, 6) is 0.752. The number of halogens is 1. The molecule has 0 bridgehead atoms. The molecule has 0 aromatic rings. The Balaban J connectivity index is 1.98. The van der Waals surface area contributed by atoms with Crippen molar-refractivity contribution in [1.29, 1.82) is 0 Å². The lowest BCUT2D eigenvalue weighted by molar-refractivity contribution is -0.414. The predicted molar refractivity (Wildman–Crippen MR) is 59.8 cm³/mol. The fourth-order valence-electron chi connectivity index (χ4n) is 2.38. The van der Waals surface area contributed by atoms with Crippen molar-refractivity contribution >= 4 is 22.6 Å². The fraction of sp³-hybridized carbons (Fsp3) is 1.00. The number of fused-ring (bicyclic) bond motifs is 1. The summed E-state index contributed by atoms with van der Waals surface area (Å²) in [4.78, 5) is 11.0. The van der Waals surface area contributed by atoms with Gasteiger partial charge in [-0.2, -0.15) is 0 Å². The number of hydrogen-bond acceptors (Lipinski definition) is 2. The zero-order valence-electron chi connectivity index (χ0n) is 8.09. The van der Waals surface area contributed by atoms with Gasteiger partial charge in [0.05, 0.1) is 6.10 Å². The molecule has 1 aliphatic carbocycles. The zero-order chi connectivity index (χ0) is 9.31. The maximum absolute atomic E-state index is 5.48. The molecule has 13 heavy (non-hydrogen) atoms. The average molecular weight is 296 g/mol. The number of rotatable bonds is 1. The van der Waals surface area contributed by atoms with Crippen molar-refractivity contribution in [3.63, 3.8) is 0 Å². The fourth-order valence-corrected chi connectivity index (χ4v) is 2.82. The minimum absolute atomic E-state index is 0.0287. The average Bonchev–Trinajstić information content (AvgIpc) is 2.18. The standard InChI is InChI=1S/C10H17IO2/c1-10(7-11)6-8-4-2-3-5-9(8)12-13-10/h8-9H,2-7H2,1H3/t8-,9+,10?/m1/s1. The van der Waals surface area contributed by atoms with Gasteiger partial charge in [-0.15, -0.1) is 0 Å². The van der Waals surface area contributed by atoms with Crippen molar-refractivity contribution in [3.8, 4) is 0 Å². The first-order valence-corrected chi connectivity index (χ1v) is 6.66. The number of alkyl halides is 1. The van der Waals surface area contributed by atoms with Gasteiger partial charge in [0.25, 0.3) is 0 Å². The monoisotopic (exact) mass is 296 g/mol. The summed E-state index contributed by atoms with van der Waals surface area (Å²) in [6, 6.07) is 0. The summed E-state index contributed by atoms with van der Waals surface area (Å²) in [6.45, 7) is 2.16. The molecular formula is C10H17IO2. The van der Waals surface area contributed by atoms with Crippen LogP contribution in [-0.2, 0) is 9.78 Å². The van der Waals surface area contributed by atoms with E-state index in [4.69, 9.17) is 9.78 Å². The number of hydrogen-bond donors (Lipinski definition) is 0. The molecule has 0 N–H and O–H groups in total. The molecule has 2 rings (SSSR count). The van der Waals surface area contributed by atoms with E-state index in [-0.39, 0.29) is 5.60 Å². The first kappa shape index (κ1) is 10.2. The second kappa shape index (κ2) is 4.03. The zero-order valence-corrected chi connectivity index (χ0v) is 10.2. The van der Waals surface area contributed by atoms with Gasteiger partial charge in [-0.1, -0.05) is 35.4 Å². The molecule has 2 fully saturated rings. The molecular weight excluding hydrogens is 279 g/mol. The highest BCUT2D eigenvalue weighted by Crippen LogP contribution is 2.39. The van der Waals surface area contributed by atoms with Gasteiger partial charge in [0.2, 0.25) is 0 Å². The first-order valence-electron chi connectivity index (χ1n) is 5.14. The van der Waals surface area contributed by atoms with Gasteiger partial charge >= 0.3 is 0 Å². The molecule has 1 saturated heterocycles. The van der Waals surface area contributed by atoms with Gasteiger partial charge in [-0.3, -0.25) is 0 Å². The molecule has 2 aliphatic rings. The summed E-state index contributed by atoms with van der Waals surface area (Å²) in [7, 11) is 0. The Hall–Kier alpha value is 0.650. The van der Waals surface area contributed by atoms with Crippen LogP contribution in [0, 0.1) is 5.92 Å². The van der Waals surface area contributed by atoms with E-state index in [0.717, 1.165) is 10.3 Å². The van der Waals surface area contributed by atoms with Crippen molar-refractivity contribution in [2.45, 2.75) is 50.7 Å². The Morgan fingerprint density at radius 3 is 2.92 bits per heavy atom. The molecule has 1 aliphatic heterocycles. The largest absolute Gasteiger partial charge is 0.233 e. The lowest BCUT2D eigenvalue weighted by atomic mass is 9.79. The lowest BCUT2D eigenvalue weighted by Crippen LogP contribution is -2.45. The Morgan fingerprint density at radius 1 is 1.38 bits per heavy atom. The Labute approximate surface area is 93.4 Å². The Morgan fingerprint density at radius 2 is 2.15 bits per heavy atom. The topological polar surface area (TPSA) is 18.5 Å². The van der Waals surface area contributed by atoms with E-state index in [1.54, 1.807) is 0 Å². The SMILES string of the molecule is CC1(CI)C[C@H]2CCCC[C@@H]2OO1. The summed E-state index contributed by atoms with van der Waals surface area (Å²) in [5.41, 5.74) is -0.0287. The molecule has 0 aromatic heterocycles. The van der Waals surface area contributed by atoms with Crippen LogP contribution < -0.4 is 0 Å². The van der Waals surface area contributed by atoms with Crippen LogP contribution in [0.4, 0.5) is 0 Å². The summed E-state index contributed by atoms with van der Waals surface area (Å²) in [5, 5.41) is 0. The van der Waals surface area contributed by atoms with E-state index < -0.39 is 0 Å². The van der Waals surface area contributed by atoms with Gasteiger partial charge in [0.1, 0.15) is 5.60 Å². The summed E-state index contributed by atoms with van der Waals surface area (Å²) < 4.78 is 1.02. The highest BCUT2D eigenvalue weighted by Gasteiger charge is 2.40. The van der Waals surface area contributed by atoms with Crippen LogP contribution in [-0.4, -0.2) is 16.1 Å². The first-order chi connectivity index (χ1) is 6.23. The lowest BCUT2D eigenvalue weighted by Gasteiger charge is -2.42. The summed E-state index contributed by atoms with van der Waals surface area (Å²) >= 11 is 2.38. The molecule has 3 heteroatoms. The van der Waals surface area contributed by atoms with E-state index in [1.165, 1.54) is 32.1 Å². The second-order valence-corrected chi connectivity index (χ2v) is 5.31. The van der Waals surface area contributed by atoms with Gasteiger partial charge in [0, 0.05) is 4.43 Å². The van der Waals surface area contributed by atoms with Crippen molar-refractivity contribution < 1.29 is 9.78 Å². The molecule has 0 spiro atoms. The minimum atomic E-state index is -0.0287. The predicted octanol–water partition coefficient (Wildman–Crippen LogP) is 3.09. The van der Waals surface area contributed by atoms with Gasteiger partial charge < -0.3 is 0 Å². The van der Waals surface area contributed by atoms with E-state index in [2.05, 4.69) is 29.5 Å². The molecule has 3 atom stereocenters. The maximum Gasteiger partial charge on any atom is 0.110 e. The Kier molecular flexibility index (Phi) is 3.15. The van der Waals surface area contributed by atoms with Crippen LogP contribution in [0.3, 0.4) is 0 Å². The third-order valence-electron chi connectivity index (χ3n) is 3.19. The third-order valence-corrected chi connectivity index (χ3v) is 4.80. The molecule has 0 amide bonds. The van der Waals surface area contributed by atoms with E-state index in [0.29, 0.717) is 6.10 Å². The highest BCUT2D eigenvalue weighted by atomic mass is 127. The van der Waals surface area contributed by atoms with Gasteiger partial charge in [0.15, 0.2) is 0 Å². The van der Waals surface area contributed by atoms with Gasteiger partial charge in [-0.05, 0) is 32.1 Å². The van der Waals surface area contributed by atoms with E-state index in [1.807, 2.05) is 0 Å². The molecule has 1 saturated carbocycles. The van der Waals surface area contributed by atoms with Crippen molar-refractivity contribution in [2.24, 2.45) is 5.92 Å². The van der Waals surface area contributed by atoms with Crippen molar-refractivity contribution in [1.82, 2.24) is 0 Å². The molecule has 0 aromatic carbocycles. The molecule has 76 valence electrons. The van der Waals surface area contributed by atoms with Crippen LogP contribution in [0.1, 0.15) is 39.0 Å². The van der Waals surface area contributed by atoms with E-state index >= 15 is 0 Å². The second-order valence-electron chi connectivity index (χ2n) is 4.55. The summed E-state index contributed by atoms with van der Waals surface area (Å²) in [6.07, 6.45) is 6.79. The minimum Gasteiger partial charge on any atom is -0.233 e. The van der Waals surface area contributed by atoms with Crippen LogP contribution in [0.25, 0.3) is 0 Å². The maximum atomic E-state index is 5.48. The van der Waals surface area contributed by atoms with Crippen molar-refractivity contribution in [3.05, 3.63) is 0 Å². The van der Waals surface area contributed by atoms with Crippen LogP contribution in [0.5, 0.6) is 0 Å². The normalized spacial score (nSPS) is 45.7. The molecule has 1 unspecified atom stereocenters. The van der Waals surface area contributed by atoms with Crippen LogP contribution in [0.15, 0.2) is 0 Å². The van der Waals surface area contributed by atoms with Crippen molar-refractivity contribution in [2.75, 3.05) is 4.43 Å². The molecule has 0 radical (unpaired) electrons. The third kappa shape index (κ3) is 2.18. The smallest absolute Gasteiger partial charge is 0.110 e. The van der Waals surface area contributed by atoms with Crippen LogP contribution in [0.2, 0.25) is 0 Å². The molecule has 2 nitrogen and oxygen atoms in total. The molecule has 1 heterocycles. The Bertz CT molecular complexity index is 186.